The summed E-state index contributed by atoms with van der Waals surface area (Å²) in [5, 5.41) is 5.64. The first-order valence-corrected chi connectivity index (χ1v) is 15.5. The molecule has 2 N–H and O–H groups in total. The van der Waals surface area contributed by atoms with Gasteiger partial charge in [0, 0.05) is 24.7 Å². The average molecular weight is 644 g/mol. The van der Waals surface area contributed by atoms with Crippen molar-refractivity contribution in [3.8, 4) is 28.4 Å². The maximum absolute atomic E-state index is 13.6. The van der Waals surface area contributed by atoms with E-state index in [9.17, 15) is 14.4 Å². The number of ether oxygens (including phenoxy) is 3. The van der Waals surface area contributed by atoms with Crippen LogP contribution in [0.15, 0.2) is 121 Å². The SMILES string of the molecule is COc1cc(C(=O)N(C)c2ccccc2OCCCNC(=O)Oc2ccccc2)ccc1NC(=O)c1ccccc1-c1ccc(C)cc1. The Kier molecular flexibility index (Phi) is 11.1. The van der Waals surface area contributed by atoms with E-state index in [2.05, 4.69) is 10.6 Å². The zero-order valence-electron chi connectivity index (χ0n) is 27.1. The molecule has 0 aliphatic carbocycles. The van der Waals surface area contributed by atoms with Crippen LogP contribution in [0.4, 0.5) is 16.2 Å². The van der Waals surface area contributed by atoms with Gasteiger partial charge in [0.1, 0.15) is 17.2 Å². The Labute approximate surface area is 280 Å². The molecule has 0 saturated carbocycles. The molecule has 9 nitrogen and oxygen atoms in total. The van der Waals surface area contributed by atoms with Crippen LogP contribution in [0.1, 0.15) is 32.7 Å². The Balaban J connectivity index is 1.21. The maximum atomic E-state index is 13.6. The molecule has 3 amide bonds. The second-order valence-corrected chi connectivity index (χ2v) is 10.9. The van der Waals surface area contributed by atoms with Gasteiger partial charge in [-0.05, 0) is 73.0 Å². The van der Waals surface area contributed by atoms with E-state index in [0.717, 1.165) is 16.7 Å². The maximum Gasteiger partial charge on any atom is 0.412 e. The number of rotatable bonds is 12. The molecule has 0 fully saturated rings. The van der Waals surface area contributed by atoms with Crippen molar-refractivity contribution in [2.75, 3.05) is 37.5 Å². The molecule has 48 heavy (non-hydrogen) atoms. The Morgan fingerprint density at radius 3 is 2.25 bits per heavy atom. The third-order valence-electron chi connectivity index (χ3n) is 7.56. The lowest BCUT2D eigenvalue weighted by Crippen LogP contribution is -2.29. The van der Waals surface area contributed by atoms with Crippen LogP contribution in [0.5, 0.6) is 17.2 Å². The molecule has 244 valence electrons. The van der Waals surface area contributed by atoms with E-state index in [1.165, 1.54) is 12.0 Å². The van der Waals surface area contributed by atoms with Gasteiger partial charge in [0.25, 0.3) is 11.8 Å². The molecule has 5 aromatic carbocycles. The summed E-state index contributed by atoms with van der Waals surface area (Å²) in [7, 11) is 3.15. The molecule has 5 aromatic rings. The van der Waals surface area contributed by atoms with Gasteiger partial charge in [-0.15, -0.1) is 0 Å². The largest absolute Gasteiger partial charge is 0.495 e. The number of nitrogens with zero attached hydrogens (tertiary/aromatic N) is 1. The zero-order chi connectivity index (χ0) is 33.9. The minimum atomic E-state index is -0.542. The van der Waals surface area contributed by atoms with E-state index in [1.807, 2.05) is 67.6 Å². The van der Waals surface area contributed by atoms with Crippen molar-refractivity contribution in [1.29, 1.82) is 0 Å². The minimum Gasteiger partial charge on any atom is -0.495 e. The van der Waals surface area contributed by atoms with Crippen LogP contribution in [0.25, 0.3) is 11.1 Å². The van der Waals surface area contributed by atoms with Crippen LogP contribution in [0, 0.1) is 6.92 Å². The normalized spacial score (nSPS) is 10.5. The fourth-order valence-electron chi connectivity index (χ4n) is 5.02. The molecule has 5 rings (SSSR count). The van der Waals surface area contributed by atoms with E-state index >= 15 is 0 Å². The van der Waals surface area contributed by atoms with E-state index in [-0.39, 0.29) is 11.8 Å². The van der Waals surface area contributed by atoms with Crippen molar-refractivity contribution >= 4 is 29.3 Å². The average Bonchev–Trinajstić information content (AvgIpc) is 3.12. The molecule has 0 saturated heterocycles. The Morgan fingerprint density at radius 1 is 0.771 bits per heavy atom. The van der Waals surface area contributed by atoms with Crippen LogP contribution in [0.3, 0.4) is 0 Å². The minimum absolute atomic E-state index is 0.294. The van der Waals surface area contributed by atoms with E-state index < -0.39 is 6.09 Å². The van der Waals surface area contributed by atoms with Crippen LogP contribution < -0.4 is 29.7 Å². The second kappa shape index (κ2) is 16.0. The van der Waals surface area contributed by atoms with Crippen LogP contribution in [-0.2, 0) is 0 Å². The third kappa shape index (κ3) is 8.38. The fraction of sp³-hybridized carbons (Fsp3) is 0.154. The van der Waals surface area contributed by atoms with Gasteiger partial charge in [0.2, 0.25) is 0 Å². The van der Waals surface area contributed by atoms with Gasteiger partial charge >= 0.3 is 6.09 Å². The van der Waals surface area contributed by atoms with Gasteiger partial charge in [-0.25, -0.2) is 4.79 Å². The highest BCUT2D eigenvalue weighted by Crippen LogP contribution is 2.32. The number of amides is 3. The molecule has 9 heteroatoms. The summed E-state index contributed by atoms with van der Waals surface area (Å²) < 4.78 is 16.8. The number of hydrogen-bond acceptors (Lipinski definition) is 6. The van der Waals surface area contributed by atoms with Crippen molar-refractivity contribution in [3.63, 3.8) is 0 Å². The smallest absolute Gasteiger partial charge is 0.412 e. The van der Waals surface area contributed by atoms with Gasteiger partial charge in [0.15, 0.2) is 0 Å². The first-order chi connectivity index (χ1) is 23.3. The zero-order valence-corrected chi connectivity index (χ0v) is 27.1. The van der Waals surface area contributed by atoms with Crippen molar-refractivity contribution in [2.24, 2.45) is 0 Å². The molecule has 0 spiro atoms. The fourth-order valence-corrected chi connectivity index (χ4v) is 5.02. The summed E-state index contributed by atoms with van der Waals surface area (Å²) in [6.45, 7) is 2.67. The molecule has 0 radical (unpaired) electrons. The van der Waals surface area contributed by atoms with Gasteiger partial charge in [0.05, 0.1) is 25.1 Å². The molecular formula is C39H37N3O6. The van der Waals surface area contributed by atoms with Crippen LogP contribution in [-0.4, -0.2) is 45.2 Å². The van der Waals surface area contributed by atoms with Gasteiger partial charge in [-0.3, -0.25) is 9.59 Å². The number of hydrogen-bond donors (Lipinski definition) is 2. The molecule has 0 aromatic heterocycles. The molecule has 0 atom stereocenters. The topological polar surface area (TPSA) is 106 Å². The first-order valence-electron chi connectivity index (χ1n) is 15.5. The number of carbonyl (C=O) groups excluding carboxylic acids is 3. The molecule has 0 heterocycles. The number of para-hydroxylation sites is 3. The quantitative estimate of drug-likeness (QED) is 0.135. The monoisotopic (exact) mass is 643 g/mol. The number of aryl methyl sites for hydroxylation is 1. The van der Waals surface area contributed by atoms with Crippen LogP contribution >= 0.6 is 0 Å². The van der Waals surface area contributed by atoms with Crippen molar-refractivity contribution < 1.29 is 28.6 Å². The summed E-state index contributed by atoms with van der Waals surface area (Å²) >= 11 is 0. The lowest BCUT2D eigenvalue weighted by atomic mass is 9.98. The number of nitrogens with one attached hydrogen (secondary N) is 2. The predicted molar refractivity (Wildman–Crippen MR) is 187 cm³/mol. The molecule has 0 aliphatic rings. The number of carbonyl (C=O) groups is 3. The van der Waals surface area contributed by atoms with E-state index in [0.29, 0.717) is 59.3 Å². The molecule has 0 aliphatic heterocycles. The van der Waals surface area contributed by atoms with E-state index in [4.69, 9.17) is 14.2 Å². The second-order valence-electron chi connectivity index (χ2n) is 10.9. The number of benzene rings is 5. The highest BCUT2D eigenvalue weighted by atomic mass is 16.6. The highest BCUT2D eigenvalue weighted by Gasteiger charge is 2.20. The summed E-state index contributed by atoms with van der Waals surface area (Å²) in [6, 6.07) is 36.4. The predicted octanol–water partition coefficient (Wildman–Crippen LogP) is 7.76. The van der Waals surface area contributed by atoms with Gasteiger partial charge in [-0.1, -0.05) is 78.4 Å². The van der Waals surface area contributed by atoms with Crippen molar-refractivity contribution in [2.45, 2.75) is 13.3 Å². The van der Waals surface area contributed by atoms with Crippen molar-refractivity contribution in [3.05, 3.63) is 138 Å². The summed E-state index contributed by atoms with van der Waals surface area (Å²) in [6.07, 6.45) is -0.0181. The summed E-state index contributed by atoms with van der Waals surface area (Å²) in [5.41, 5.74) is 4.77. The molecule has 0 bridgehead atoms. The van der Waals surface area contributed by atoms with E-state index in [1.54, 1.807) is 67.7 Å². The molecular weight excluding hydrogens is 606 g/mol. The molecule has 0 unspecified atom stereocenters. The third-order valence-corrected chi connectivity index (χ3v) is 7.56. The first kappa shape index (κ1) is 33.3. The standard InChI is InChI=1S/C39H37N3O6/c1-27-18-20-28(21-19-27)31-14-7-8-15-32(31)37(43)41-33-23-22-29(26-36(33)46-3)38(44)42(2)34-16-9-10-17-35(34)47-25-11-24-40-39(45)48-30-12-5-4-6-13-30/h4-10,12-23,26H,11,24-25H2,1-3H3,(H,40,45)(H,41,43). The van der Waals surface area contributed by atoms with Crippen molar-refractivity contribution in [1.82, 2.24) is 5.32 Å². The Bertz CT molecular complexity index is 1880. The number of anilines is 2. The highest BCUT2D eigenvalue weighted by molar-refractivity contribution is 6.10. The van der Waals surface area contributed by atoms with Crippen LogP contribution in [0.2, 0.25) is 0 Å². The lowest BCUT2D eigenvalue weighted by Gasteiger charge is -2.21. The van der Waals surface area contributed by atoms with Gasteiger partial charge in [-0.2, -0.15) is 0 Å². The summed E-state index contributed by atoms with van der Waals surface area (Å²) in [4.78, 5) is 40.6. The van der Waals surface area contributed by atoms with Gasteiger partial charge < -0.3 is 29.7 Å². The Morgan fingerprint density at radius 2 is 1.48 bits per heavy atom. The lowest BCUT2D eigenvalue weighted by molar-refractivity contribution is 0.0990. The summed E-state index contributed by atoms with van der Waals surface area (Å²) in [5.74, 6) is 0.735. The Hall–Kier alpha value is -6.09. The number of methoxy groups -OCH3 is 1.